The molecule has 0 unspecified atom stereocenters. The Kier molecular flexibility index (Phi) is 4.67. The Morgan fingerprint density at radius 1 is 1.12 bits per heavy atom. The van der Waals surface area contributed by atoms with E-state index in [0.717, 1.165) is 10.9 Å². The smallest absolute Gasteiger partial charge is 0.255 e. The number of pyridine rings is 1. The molecule has 5 heteroatoms. The third-order valence-electron chi connectivity index (χ3n) is 3.96. The lowest BCUT2D eigenvalue weighted by Gasteiger charge is -2.21. The SMILES string of the molecule is CCN(Cc1cc2ccccc2[nH]c1=O)C(=O)c1ccccc1Cl. The van der Waals surface area contributed by atoms with E-state index in [1.807, 2.05) is 37.3 Å². The predicted molar refractivity (Wildman–Crippen MR) is 96.4 cm³/mol. The minimum absolute atomic E-state index is 0.181. The van der Waals surface area contributed by atoms with E-state index in [-0.39, 0.29) is 18.0 Å². The van der Waals surface area contributed by atoms with Crippen molar-refractivity contribution in [1.29, 1.82) is 0 Å². The first-order valence-electron chi connectivity index (χ1n) is 7.75. The molecule has 0 aliphatic rings. The minimum atomic E-state index is -0.185. The van der Waals surface area contributed by atoms with E-state index in [0.29, 0.717) is 22.7 Å². The number of hydrogen-bond donors (Lipinski definition) is 1. The molecule has 4 nitrogen and oxygen atoms in total. The number of para-hydroxylation sites is 1. The fourth-order valence-electron chi connectivity index (χ4n) is 2.65. The minimum Gasteiger partial charge on any atom is -0.334 e. The highest BCUT2D eigenvalue weighted by atomic mass is 35.5. The molecule has 0 radical (unpaired) electrons. The molecule has 0 aliphatic heterocycles. The molecular formula is C19H17ClN2O2. The molecule has 122 valence electrons. The molecule has 1 N–H and O–H groups in total. The first kappa shape index (κ1) is 16.3. The number of nitrogens with one attached hydrogen (secondary N) is 1. The van der Waals surface area contributed by atoms with Gasteiger partial charge in [-0.2, -0.15) is 0 Å². The van der Waals surface area contributed by atoms with Crippen molar-refractivity contribution in [3.05, 3.63) is 81.1 Å². The molecule has 0 bridgehead atoms. The van der Waals surface area contributed by atoms with Gasteiger partial charge in [-0.3, -0.25) is 9.59 Å². The number of fused-ring (bicyclic) bond motifs is 1. The summed E-state index contributed by atoms with van der Waals surface area (Å²) in [5, 5.41) is 1.35. The average Bonchev–Trinajstić information content (AvgIpc) is 2.59. The zero-order chi connectivity index (χ0) is 17.1. The van der Waals surface area contributed by atoms with Crippen LogP contribution in [0.25, 0.3) is 10.9 Å². The summed E-state index contributed by atoms with van der Waals surface area (Å²) >= 11 is 6.12. The number of nitrogens with zero attached hydrogens (tertiary/aromatic N) is 1. The molecule has 0 saturated carbocycles. The van der Waals surface area contributed by atoms with E-state index in [9.17, 15) is 9.59 Å². The number of aromatic nitrogens is 1. The molecule has 0 aliphatic carbocycles. The van der Waals surface area contributed by atoms with Crippen molar-refractivity contribution in [2.24, 2.45) is 0 Å². The Labute approximate surface area is 144 Å². The normalized spacial score (nSPS) is 10.8. The van der Waals surface area contributed by atoms with E-state index in [4.69, 9.17) is 11.6 Å². The zero-order valence-corrected chi connectivity index (χ0v) is 14.0. The van der Waals surface area contributed by atoms with Crippen LogP contribution in [0.4, 0.5) is 0 Å². The van der Waals surface area contributed by atoms with Crippen LogP contribution in [0.15, 0.2) is 59.4 Å². The molecular weight excluding hydrogens is 324 g/mol. The number of halogens is 1. The fraction of sp³-hybridized carbons (Fsp3) is 0.158. The fourth-order valence-corrected chi connectivity index (χ4v) is 2.86. The third-order valence-corrected chi connectivity index (χ3v) is 4.29. The van der Waals surface area contributed by atoms with Gasteiger partial charge in [-0.05, 0) is 36.6 Å². The number of benzene rings is 2. The van der Waals surface area contributed by atoms with Gasteiger partial charge in [0.05, 0.1) is 17.1 Å². The lowest BCUT2D eigenvalue weighted by atomic mass is 10.1. The number of carbonyl (C=O) groups is 1. The van der Waals surface area contributed by atoms with Gasteiger partial charge >= 0.3 is 0 Å². The van der Waals surface area contributed by atoms with Gasteiger partial charge in [0.1, 0.15) is 0 Å². The topological polar surface area (TPSA) is 53.2 Å². The van der Waals surface area contributed by atoms with E-state index in [1.54, 1.807) is 29.2 Å². The van der Waals surface area contributed by atoms with Crippen molar-refractivity contribution in [1.82, 2.24) is 9.88 Å². The lowest BCUT2D eigenvalue weighted by molar-refractivity contribution is 0.0752. The summed E-state index contributed by atoms with van der Waals surface area (Å²) in [6.45, 7) is 2.60. The van der Waals surface area contributed by atoms with Crippen LogP contribution in [-0.4, -0.2) is 22.3 Å². The quantitative estimate of drug-likeness (QED) is 0.784. The summed E-state index contributed by atoms with van der Waals surface area (Å²) in [6.07, 6.45) is 0. The predicted octanol–water partition coefficient (Wildman–Crippen LogP) is 3.84. The maximum atomic E-state index is 12.7. The molecule has 0 saturated heterocycles. The first-order valence-corrected chi connectivity index (χ1v) is 8.12. The highest BCUT2D eigenvalue weighted by Crippen LogP contribution is 2.18. The van der Waals surface area contributed by atoms with Crippen molar-refractivity contribution in [2.75, 3.05) is 6.54 Å². The summed E-state index contributed by atoms with van der Waals surface area (Å²) in [5.41, 5.74) is 1.60. The monoisotopic (exact) mass is 340 g/mol. The highest BCUT2D eigenvalue weighted by molar-refractivity contribution is 6.33. The second-order valence-corrected chi connectivity index (χ2v) is 5.92. The maximum absolute atomic E-state index is 12.7. The maximum Gasteiger partial charge on any atom is 0.255 e. The van der Waals surface area contributed by atoms with Crippen molar-refractivity contribution in [3.8, 4) is 0 Å². The summed E-state index contributed by atoms with van der Waals surface area (Å²) in [7, 11) is 0. The second kappa shape index (κ2) is 6.89. The summed E-state index contributed by atoms with van der Waals surface area (Å²) in [5.74, 6) is -0.185. The molecule has 1 amide bonds. The van der Waals surface area contributed by atoms with Gasteiger partial charge in [0.25, 0.3) is 11.5 Å². The number of aromatic amines is 1. The molecule has 0 atom stereocenters. The highest BCUT2D eigenvalue weighted by Gasteiger charge is 2.18. The van der Waals surface area contributed by atoms with Crippen LogP contribution < -0.4 is 5.56 Å². The molecule has 3 rings (SSSR count). The molecule has 2 aromatic carbocycles. The zero-order valence-electron chi connectivity index (χ0n) is 13.3. The number of carbonyl (C=O) groups excluding carboxylic acids is 1. The Morgan fingerprint density at radius 3 is 2.58 bits per heavy atom. The second-order valence-electron chi connectivity index (χ2n) is 5.51. The van der Waals surface area contributed by atoms with Crippen LogP contribution in [0, 0.1) is 0 Å². The number of amides is 1. The van der Waals surface area contributed by atoms with E-state index in [1.165, 1.54) is 0 Å². The molecule has 1 heterocycles. The molecule has 0 spiro atoms. The van der Waals surface area contributed by atoms with Gasteiger partial charge < -0.3 is 9.88 Å². The largest absolute Gasteiger partial charge is 0.334 e. The van der Waals surface area contributed by atoms with Crippen molar-refractivity contribution in [2.45, 2.75) is 13.5 Å². The number of H-pyrrole nitrogens is 1. The van der Waals surface area contributed by atoms with Crippen LogP contribution in [0.3, 0.4) is 0 Å². The van der Waals surface area contributed by atoms with Crippen LogP contribution >= 0.6 is 11.6 Å². The molecule has 24 heavy (non-hydrogen) atoms. The average molecular weight is 341 g/mol. The van der Waals surface area contributed by atoms with Gasteiger partial charge in [0.2, 0.25) is 0 Å². The van der Waals surface area contributed by atoms with E-state index >= 15 is 0 Å². The van der Waals surface area contributed by atoms with Crippen molar-refractivity contribution < 1.29 is 4.79 Å². The Morgan fingerprint density at radius 2 is 1.83 bits per heavy atom. The Bertz CT molecular complexity index is 949. The van der Waals surface area contributed by atoms with Crippen molar-refractivity contribution in [3.63, 3.8) is 0 Å². The van der Waals surface area contributed by atoms with Gasteiger partial charge in [-0.25, -0.2) is 0 Å². The Balaban J connectivity index is 1.93. The van der Waals surface area contributed by atoms with E-state index < -0.39 is 0 Å². The standard InChI is InChI=1S/C19H17ClN2O2/c1-2-22(19(24)15-8-4-5-9-16(15)20)12-14-11-13-7-3-6-10-17(13)21-18(14)23/h3-11H,2,12H2,1H3,(H,21,23). The Hall–Kier alpha value is -2.59. The lowest BCUT2D eigenvalue weighted by Crippen LogP contribution is -2.32. The number of rotatable bonds is 4. The summed E-state index contributed by atoms with van der Waals surface area (Å²) in [6, 6.07) is 16.3. The van der Waals surface area contributed by atoms with Crippen LogP contribution in [-0.2, 0) is 6.54 Å². The van der Waals surface area contributed by atoms with Gasteiger partial charge in [0, 0.05) is 17.6 Å². The van der Waals surface area contributed by atoms with Crippen molar-refractivity contribution >= 4 is 28.4 Å². The van der Waals surface area contributed by atoms with E-state index in [2.05, 4.69) is 4.98 Å². The van der Waals surface area contributed by atoms with Gasteiger partial charge in [0.15, 0.2) is 0 Å². The molecule has 0 fully saturated rings. The summed E-state index contributed by atoms with van der Waals surface area (Å²) in [4.78, 5) is 29.5. The van der Waals surface area contributed by atoms with Crippen LogP contribution in [0.2, 0.25) is 5.02 Å². The molecule has 1 aromatic heterocycles. The number of hydrogen-bond acceptors (Lipinski definition) is 2. The van der Waals surface area contributed by atoms with Crippen LogP contribution in [0.5, 0.6) is 0 Å². The first-order chi connectivity index (χ1) is 11.6. The molecule has 3 aromatic rings. The third kappa shape index (κ3) is 3.19. The van der Waals surface area contributed by atoms with Crippen LogP contribution in [0.1, 0.15) is 22.8 Å². The van der Waals surface area contributed by atoms with Gasteiger partial charge in [-0.15, -0.1) is 0 Å². The van der Waals surface area contributed by atoms with Gasteiger partial charge in [-0.1, -0.05) is 41.9 Å². The summed E-state index contributed by atoms with van der Waals surface area (Å²) < 4.78 is 0.